The molecule has 1 heterocycles. The Balaban J connectivity index is 2.02. The van der Waals surface area contributed by atoms with Crippen molar-refractivity contribution in [2.45, 2.75) is 24.3 Å². The SMILES string of the molecule is CCc1nnc(SCc2ccc(C(=O)O)cc2)n1N. The summed E-state index contributed by atoms with van der Waals surface area (Å²) in [5.41, 5.74) is 1.29. The minimum Gasteiger partial charge on any atom is -0.478 e. The van der Waals surface area contributed by atoms with Gasteiger partial charge >= 0.3 is 5.97 Å². The van der Waals surface area contributed by atoms with Crippen molar-refractivity contribution < 1.29 is 9.90 Å². The predicted molar refractivity (Wildman–Crippen MR) is 72.5 cm³/mol. The molecular formula is C12H14N4O2S. The summed E-state index contributed by atoms with van der Waals surface area (Å²) in [6, 6.07) is 6.74. The molecule has 0 bridgehead atoms. The van der Waals surface area contributed by atoms with Gasteiger partial charge in [0.05, 0.1) is 5.56 Å². The lowest BCUT2D eigenvalue weighted by atomic mass is 10.1. The number of nitrogens with two attached hydrogens (primary N) is 1. The summed E-state index contributed by atoms with van der Waals surface area (Å²) >= 11 is 1.47. The molecule has 0 unspecified atom stereocenters. The molecule has 1 aromatic heterocycles. The number of aryl methyl sites for hydroxylation is 1. The maximum atomic E-state index is 10.7. The van der Waals surface area contributed by atoms with Crippen molar-refractivity contribution in [2.24, 2.45) is 0 Å². The highest BCUT2D eigenvalue weighted by atomic mass is 32.2. The number of aromatic nitrogens is 3. The average Bonchev–Trinajstić information content (AvgIpc) is 2.77. The van der Waals surface area contributed by atoms with E-state index in [1.165, 1.54) is 16.4 Å². The zero-order valence-corrected chi connectivity index (χ0v) is 11.2. The summed E-state index contributed by atoms with van der Waals surface area (Å²) in [5, 5.41) is 17.4. The number of hydrogen-bond donors (Lipinski definition) is 2. The number of thioether (sulfide) groups is 1. The zero-order chi connectivity index (χ0) is 13.8. The fourth-order valence-electron chi connectivity index (χ4n) is 1.54. The fourth-order valence-corrected chi connectivity index (χ4v) is 2.37. The monoisotopic (exact) mass is 278 g/mol. The van der Waals surface area contributed by atoms with Crippen LogP contribution in [0.2, 0.25) is 0 Å². The number of hydrogen-bond acceptors (Lipinski definition) is 5. The van der Waals surface area contributed by atoms with E-state index in [1.807, 2.05) is 6.92 Å². The lowest BCUT2D eigenvalue weighted by molar-refractivity contribution is 0.0697. The first-order valence-electron chi connectivity index (χ1n) is 5.76. The van der Waals surface area contributed by atoms with E-state index in [0.29, 0.717) is 10.9 Å². The first-order chi connectivity index (χ1) is 9.11. The number of aromatic carboxylic acids is 1. The molecule has 100 valence electrons. The number of carboxylic acid groups (broad SMARTS) is 1. The van der Waals surface area contributed by atoms with Gasteiger partial charge in [0, 0.05) is 12.2 Å². The molecule has 0 aliphatic rings. The highest BCUT2D eigenvalue weighted by Crippen LogP contribution is 2.20. The van der Waals surface area contributed by atoms with Gasteiger partial charge in [-0.15, -0.1) is 10.2 Å². The second kappa shape index (κ2) is 5.75. The highest BCUT2D eigenvalue weighted by molar-refractivity contribution is 7.98. The maximum Gasteiger partial charge on any atom is 0.335 e. The molecule has 0 spiro atoms. The van der Waals surface area contributed by atoms with Gasteiger partial charge < -0.3 is 10.9 Å². The summed E-state index contributed by atoms with van der Waals surface area (Å²) in [5.74, 6) is 6.32. The minimum atomic E-state index is -0.923. The van der Waals surface area contributed by atoms with E-state index < -0.39 is 5.97 Å². The van der Waals surface area contributed by atoms with E-state index in [0.717, 1.165) is 17.8 Å². The van der Waals surface area contributed by atoms with Crippen LogP contribution in [0.3, 0.4) is 0 Å². The van der Waals surface area contributed by atoms with E-state index in [2.05, 4.69) is 10.2 Å². The third kappa shape index (κ3) is 3.05. The molecule has 2 aromatic rings. The van der Waals surface area contributed by atoms with Crippen molar-refractivity contribution in [1.29, 1.82) is 0 Å². The molecule has 0 saturated carbocycles. The van der Waals surface area contributed by atoms with Crippen molar-refractivity contribution in [3.8, 4) is 0 Å². The number of benzene rings is 1. The van der Waals surface area contributed by atoms with Crippen LogP contribution in [0.4, 0.5) is 0 Å². The van der Waals surface area contributed by atoms with Crippen LogP contribution in [-0.2, 0) is 12.2 Å². The van der Waals surface area contributed by atoms with Crippen molar-refractivity contribution in [3.05, 3.63) is 41.2 Å². The summed E-state index contributed by atoms with van der Waals surface area (Å²) < 4.78 is 1.48. The molecule has 0 aliphatic carbocycles. The Morgan fingerprint density at radius 3 is 2.58 bits per heavy atom. The fraction of sp³-hybridized carbons (Fsp3) is 0.250. The molecular weight excluding hydrogens is 264 g/mol. The van der Waals surface area contributed by atoms with Crippen LogP contribution in [0.15, 0.2) is 29.4 Å². The lowest BCUT2D eigenvalue weighted by Crippen LogP contribution is -2.13. The smallest absolute Gasteiger partial charge is 0.335 e. The van der Waals surface area contributed by atoms with Crippen molar-refractivity contribution in [2.75, 3.05) is 5.84 Å². The van der Waals surface area contributed by atoms with Gasteiger partial charge in [-0.3, -0.25) is 0 Å². The second-order valence-electron chi connectivity index (χ2n) is 3.91. The van der Waals surface area contributed by atoms with Gasteiger partial charge in [0.2, 0.25) is 5.16 Å². The van der Waals surface area contributed by atoms with E-state index >= 15 is 0 Å². The van der Waals surface area contributed by atoms with Crippen molar-refractivity contribution in [1.82, 2.24) is 14.9 Å². The molecule has 2 rings (SSSR count). The van der Waals surface area contributed by atoms with Crippen LogP contribution >= 0.6 is 11.8 Å². The van der Waals surface area contributed by atoms with Crippen LogP contribution in [0.25, 0.3) is 0 Å². The minimum absolute atomic E-state index is 0.281. The molecule has 3 N–H and O–H groups in total. The highest BCUT2D eigenvalue weighted by Gasteiger charge is 2.09. The Kier molecular flexibility index (Phi) is 4.06. The molecule has 0 aliphatic heterocycles. The van der Waals surface area contributed by atoms with Gasteiger partial charge in [-0.2, -0.15) is 0 Å². The zero-order valence-electron chi connectivity index (χ0n) is 10.4. The van der Waals surface area contributed by atoms with Gasteiger partial charge in [0.1, 0.15) is 0 Å². The van der Waals surface area contributed by atoms with Crippen molar-refractivity contribution in [3.63, 3.8) is 0 Å². The van der Waals surface area contributed by atoms with E-state index in [4.69, 9.17) is 10.9 Å². The Hall–Kier alpha value is -2.02. The molecule has 6 nitrogen and oxygen atoms in total. The lowest BCUT2D eigenvalue weighted by Gasteiger charge is -2.03. The van der Waals surface area contributed by atoms with Crippen LogP contribution in [0, 0.1) is 0 Å². The normalized spacial score (nSPS) is 10.6. The molecule has 1 aromatic carbocycles. The largest absolute Gasteiger partial charge is 0.478 e. The third-order valence-corrected chi connectivity index (χ3v) is 3.63. The van der Waals surface area contributed by atoms with E-state index in [9.17, 15) is 4.79 Å². The van der Waals surface area contributed by atoms with E-state index in [1.54, 1.807) is 24.3 Å². The van der Waals surface area contributed by atoms with Crippen LogP contribution in [0.1, 0.15) is 28.7 Å². The number of nitrogen functional groups attached to an aromatic ring is 1. The average molecular weight is 278 g/mol. The summed E-state index contributed by atoms with van der Waals surface area (Å²) in [6.45, 7) is 1.96. The number of rotatable bonds is 5. The van der Waals surface area contributed by atoms with Crippen LogP contribution in [-0.4, -0.2) is 25.9 Å². The van der Waals surface area contributed by atoms with Gasteiger partial charge in [0.15, 0.2) is 5.82 Å². The second-order valence-corrected chi connectivity index (χ2v) is 4.86. The van der Waals surface area contributed by atoms with Gasteiger partial charge in [-0.05, 0) is 17.7 Å². The van der Waals surface area contributed by atoms with Gasteiger partial charge in [0.25, 0.3) is 0 Å². The quantitative estimate of drug-likeness (QED) is 0.636. The Morgan fingerprint density at radius 2 is 2.05 bits per heavy atom. The van der Waals surface area contributed by atoms with Gasteiger partial charge in [-0.25, -0.2) is 9.47 Å². The van der Waals surface area contributed by atoms with Crippen molar-refractivity contribution >= 4 is 17.7 Å². The summed E-state index contributed by atoms with van der Waals surface area (Å²) in [7, 11) is 0. The molecule has 0 amide bonds. The Morgan fingerprint density at radius 1 is 1.37 bits per heavy atom. The van der Waals surface area contributed by atoms with E-state index in [-0.39, 0.29) is 5.56 Å². The Labute approximate surface area is 114 Å². The molecule has 0 atom stereocenters. The standard InChI is InChI=1S/C12H14N4O2S/c1-2-10-14-15-12(16(10)13)19-7-8-3-5-9(6-4-8)11(17)18/h3-6H,2,7,13H2,1H3,(H,17,18). The predicted octanol–water partition coefficient (Wildman–Crippen LogP) is 1.54. The van der Waals surface area contributed by atoms with Gasteiger partial charge in [-0.1, -0.05) is 30.8 Å². The summed E-state index contributed by atoms with van der Waals surface area (Å²) in [6.07, 6.45) is 0.734. The Bertz CT molecular complexity index is 580. The third-order valence-electron chi connectivity index (χ3n) is 2.62. The number of nitrogens with zero attached hydrogens (tertiary/aromatic N) is 3. The summed E-state index contributed by atoms with van der Waals surface area (Å²) in [4.78, 5) is 10.7. The number of carbonyl (C=O) groups is 1. The molecule has 0 saturated heterocycles. The number of carboxylic acids is 1. The molecule has 0 radical (unpaired) electrons. The maximum absolute atomic E-state index is 10.7. The molecule has 7 heteroatoms. The molecule has 0 fully saturated rings. The topological polar surface area (TPSA) is 94.0 Å². The molecule has 19 heavy (non-hydrogen) atoms. The first kappa shape index (κ1) is 13.4. The first-order valence-corrected chi connectivity index (χ1v) is 6.74. The van der Waals surface area contributed by atoms with Crippen LogP contribution in [0.5, 0.6) is 0 Å². The van der Waals surface area contributed by atoms with Crippen LogP contribution < -0.4 is 5.84 Å².